The maximum atomic E-state index is 12.0. The third-order valence-electron chi connectivity index (χ3n) is 2.43. The smallest absolute Gasteiger partial charge is 0.261 e. The molecule has 1 heterocycles. The number of hydrogen-bond acceptors (Lipinski definition) is 5. The first-order valence-electron chi connectivity index (χ1n) is 5.36. The number of nitrogens with one attached hydrogen (secondary N) is 1. The first-order valence-corrected chi connectivity index (χ1v) is 9.15. The molecule has 20 heavy (non-hydrogen) atoms. The van der Waals surface area contributed by atoms with Crippen LogP contribution < -0.4 is 4.72 Å². The Bertz CT molecular complexity index is 780. The number of benzene rings is 1. The van der Waals surface area contributed by atoms with Crippen molar-refractivity contribution in [3.05, 3.63) is 48.4 Å². The van der Waals surface area contributed by atoms with Gasteiger partial charge in [0.2, 0.25) is 10.0 Å². The van der Waals surface area contributed by atoms with Crippen LogP contribution in [-0.4, -0.2) is 16.8 Å². The fourth-order valence-corrected chi connectivity index (χ4v) is 3.21. The van der Waals surface area contributed by atoms with Crippen molar-refractivity contribution in [3.63, 3.8) is 0 Å². The van der Waals surface area contributed by atoms with Crippen LogP contribution in [0.4, 0.5) is 0 Å². The molecule has 0 fully saturated rings. The van der Waals surface area contributed by atoms with Crippen LogP contribution in [0.1, 0.15) is 5.76 Å². The Morgan fingerprint density at radius 3 is 2.10 bits per heavy atom. The fraction of sp³-hybridized carbons (Fsp3) is 0.0909. The highest BCUT2D eigenvalue weighted by Crippen LogP contribution is 2.17. The summed E-state index contributed by atoms with van der Waals surface area (Å²) >= 11 is 0. The largest absolute Gasteiger partial charge is 0.468 e. The molecule has 2 rings (SSSR count). The lowest BCUT2D eigenvalue weighted by Gasteiger charge is -2.05. The summed E-state index contributed by atoms with van der Waals surface area (Å²) in [5.41, 5.74) is 0. The summed E-state index contributed by atoms with van der Waals surface area (Å²) in [6, 6.07) is 7.86. The maximum absolute atomic E-state index is 12.0. The van der Waals surface area contributed by atoms with E-state index < -0.39 is 19.1 Å². The first-order chi connectivity index (χ1) is 9.29. The van der Waals surface area contributed by atoms with E-state index in [1.54, 1.807) is 12.1 Å². The van der Waals surface area contributed by atoms with E-state index in [2.05, 4.69) is 4.72 Å². The summed E-state index contributed by atoms with van der Waals surface area (Å²) in [7, 11) is -2.47. The van der Waals surface area contributed by atoms with E-state index in [-0.39, 0.29) is 16.3 Å². The van der Waals surface area contributed by atoms with Crippen molar-refractivity contribution in [3.8, 4) is 0 Å². The molecule has 1 aromatic carbocycles. The summed E-state index contributed by atoms with van der Waals surface area (Å²) < 4.78 is 53.4. The molecule has 0 radical (unpaired) electrons. The van der Waals surface area contributed by atoms with Gasteiger partial charge in [0.1, 0.15) is 5.76 Å². The van der Waals surface area contributed by atoms with Crippen molar-refractivity contribution >= 4 is 29.8 Å². The highest BCUT2D eigenvalue weighted by atomic mass is 35.7. The molecular weight excluding hydrogens is 326 g/mol. The van der Waals surface area contributed by atoms with Crippen LogP contribution in [0.2, 0.25) is 0 Å². The SMILES string of the molecule is O=S(=O)(Cl)c1ccc(S(=O)(=O)NCc2ccco2)cc1. The number of hydrogen-bond donors (Lipinski definition) is 1. The molecule has 6 nitrogen and oxygen atoms in total. The van der Waals surface area contributed by atoms with E-state index in [0.29, 0.717) is 5.76 Å². The van der Waals surface area contributed by atoms with Gasteiger partial charge in [-0.2, -0.15) is 0 Å². The Hall–Kier alpha value is -1.35. The van der Waals surface area contributed by atoms with E-state index >= 15 is 0 Å². The fourth-order valence-electron chi connectivity index (χ4n) is 1.44. The third-order valence-corrected chi connectivity index (χ3v) is 5.22. The number of halogens is 1. The summed E-state index contributed by atoms with van der Waals surface area (Å²) in [5, 5.41) is 0. The average Bonchev–Trinajstić information content (AvgIpc) is 2.89. The summed E-state index contributed by atoms with van der Waals surface area (Å²) in [6.07, 6.45) is 1.43. The summed E-state index contributed by atoms with van der Waals surface area (Å²) in [6.45, 7) is 0.00485. The monoisotopic (exact) mass is 335 g/mol. The lowest BCUT2D eigenvalue weighted by Crippen LogP contribution is -2.23. The molecule has 0 aliphatic carbocycles. The predicted molar refractivity (Wildman–Crippen MR) is 72.2 cm³/mol. The van der Waals surface area contributed by atoms with Gasteiger partial charge in [0.25, 0.3) is 9.05 Å². The highest BCUT2D eigenvalue weighted by molar-refractivity contribution is 8.13. The van der Waals surface area contributed by atoms with Gasteiger partial charge in [-0.1, -0.05) is 0 Å². The highest BCUT2D eigenvalue weighted by Gasteiger charge is 2.16. The van der Waals surface area contributed by atoms with Gasteiger partial charge < -0.3 is 4.42 Å². The van der Waals surface area contributed by atoms with Crippen LogP contribution in [0.5, 0.6) is 0 Å². The lowest BCUT2D eigenvalue weighted by molar-refractivity contribution is 0.498. The van der Waals surface area contributed by atoms with Crippen LogP contribution in [0.25, 0.3) is 0 Å². The molecule has 108 valence electrons. The number of furan rings is 1. The minimum Gasteiger partial charge on any atom is -0.468 e. The van der Waals surface area contributed by atoms with Gasteiger partial charge in [0, 0.05) is 10.7 Å². The molecule has 0 unspecified atom stereocenters. The molecule has 0 aliphatic rings. The Morgan fingerprint density at radius 2 is 1.60 bits per heavy atom. The third kappa shape index (κ3) is 3.60. The summed E-state index contributed by atoms with van der Waals surface area (Å²) in [4.78, 5) is -0.225. The minimum atomic E-state index is -3.87. The van der Waals surface area contributed by atoms with Gasteiger partial charge in [-0.05, 0) is 36.4 Å². The average molecular weight is 336 g/mol. The molecule has 0 bridgehead atoms. The van der Waals surface area contributed by atoms with Crippen molar-refractivity contribution in [2.75, 3.05) is 0 Å². The zero-order valence-corrected chi connectivity index (χ0v) is 12.4. The molecule has 0 saturated heterocycles. The number of sulfonamides is 1. The zero-order chi connectivity index (χ0) is 14.8. The normalized spacial score (nSPS) is 12.4. The van der Waals surface area contributed by atoms with E-state index in [0.717, 1.165) is 12.1 Å². The van der Waals surface area contributed by atoms with Gasteiger partial charge in [0.15, 0.2) is 0 Å². The van der Waals surface area contributed by atoms with E-state index in [9.17, 15) is 16.8 Å². The van der Waals surface area contributed by atoms with Crippen LogP contribution in [-0.2, 0) is 25.6 Å². The Labute approximate surface area is 120 Å². The van der Waals surface area contributed by atoms with E-state index in [1.807, 2.05) is 0 Å². The van der Waals surface area contributed by atoms with Crippen molar-refractivity contribution in [1.82, 2.24) is 4.72 Å². The lowest BCUT2D eigenvalue weighted by atomic mass is 10.4. The van der Waals surface area contributed by atoms with Gasteiger partial charge in [-0.25, -0.2) is 21.6 Å². The number of rotatable bonds is 5. The van der Waals surface area contributed by atoms with Crippen LogP contribution in [0.3, 0.4) is 0 Å². The Balaban J connectivity index is 2.17. The topological polar surface area (TPSA) is 93.5 Å². The summed E-state index contributed by atoms with van der Waals surface area (Å²) in [5.74, 6) is 0.466. The van der Waals surface area contributed by atoms with Crippen LogP contribution in [0.15, 0.2) is 56.9 Å². The minimum absolute atomic E-state index is 0.00485. The second-order valence-electron chi connectivity index (χ2n) is 3.81. The molecule has 0 saturated carbocycles. The van der Waals surface area contributed by atoms with Gasteiger partial charge in [0.05, 0.1) is 22.6 Å². The molecule has 0 amide bonds. The van der Waals surface area contributed by atoms with Gasteiger partial charge in [-0.3, -0.25) is 0 Å². The Kier molecular flexibility index (Phi) is 4.19. The molecule has 2 aromatic rings. The molecular formula is C11H10ClNO5S2. The Morgan fingerprint density at radius 1 is 1.00 bits per heavy atom. The second kappa shape index (κ2) is 5.57. The van der Waals surface area contributed by atoms with Gasteiger partial charge in [-0.15, -0.1) is 0 Å². The first kappa shape index (κ1) is 15.0. The van der Waals surface area contributed by atoms with Crippen LogP contribution in [0, 0.1) is 0 Å². The molecule has 9 heteroatoms. The van der Waals surface area contributed by atoms with Crippen molar-refractivity contribution in [2.24, 2.45) is 0 Å². The molecule has 0 aliphatic heterocycles. The van der Waals surface area contributed by atoms with Crippen LogP contribution >= 0.6 is 10.7 Å². The maximum Gasteiger partial charge on any atom is 0.261 e. The zero-order valence-electron chi connectivity index (χ0n) is 9.98. The molecule has 0 atom stereocenters. The van der Waals surface area contributed by atoms with E-state index in [4.69, 9.17) is 15.1 Å². The second-order valence-corrected chi connectivity index (χ2v) is 8.15. The molecule has 0 spiro atoms. The molecule has 1 N–H and O–H groups in total. The standard InChI is InChI=1S/C11H10ClNO5S2/c12-19(14,15)10-3-5-11(6-4-10)20(16,17)13-8-9-2-1-7-18-9/h1-7,13H,8H2. The molecule has 1 aromatic heterocycles. The van der Waals surface area contributed by atoms with Gasteiger partial charge >= 0.3 is 0 Å². The van der Waals surface area contributed by atoms with Crippen molar-refractivity contribution < 1.29 is 21.3 Å². The van der Waals surface area contributed by atoms with Crippen molar-refractivity contribution in [2.45, 2.75) is 16.3 Å². The van der Waals surface area contributed by atoms with E-state index in [1.165, 1.54) is 18.4 Å². The quantitative estimate of drug-likeness (QED) is 0.839. The predicted octanol–water partition coefficient (Wildman–Crippen LogP) is 1.69. The van der Waals surface area contributed by atoms with Crippen molar-refractivity contribution in [1.29, 1.82) is 0 Å².